The summed E-state index contributed by atoms with van der Waals surface area (Å²) in [6.07, 6.45) is 1.56. The summed E-state index contributed by atoms with van der Waals surface area (Å²) >= 11 is 0. The molecule has 7 nitrogen and oxygen atoms in total. The van der Waals surface area contributed by atoms with Crippen molar-refractivity contribution in [1.82, 2.24) is 9.97 Å². The molecule has 0 bridgehead atoms. The smallest absolute Gasteiger partial charge is 0.293 e. The van der Waals surface area contributed by atoms with Crippen LogP contribution in [0.5, 0.6) is 11.5 Å². The number of nitrogens with zero attached hydrogens (tertiary/aromatic N) is 2. The van der Waals surface area contributed by atoms with E-state index in [9.17, 15) is 20.1 Å². The number of H-pyrrole nitrogens is 1. The van der Waals surface area contributed by atoms with Crippen molar-refractivity contribution < 1.29 is 20.1 Å². The van der Waals surface area contributed by atoms with E-state index < -0.39 is 11.9 Å². The first-order valence-corrected chi connectivity index (χ1v) is 7.65. The number of aromatic hydroxyl groups is 2. The Morgan fingerprint density at radius 3 is 2.68 bits per heavy atom. The van der Waals surface area contributed by atoms with Gasteiger partial charge in [-0.3, -0.25) is 9.69 Å². The number of hydrogen-bond donors (Lipinski definition) is 4. The summed E-state index contributed by atoms with van der Waals surface area (Å²) in [4.78, 5) is 21.2. The minimum Gasteiger partial charge on any atom is -0.508 e. The molecule has 1 aliphatic rings. The van der Waals surface area contributed by atoms with Gasteiger partial charge in [-0.05, 0) is 37.3 Å². The molecule has 0 aliphatic carbocycles. The molecule has 0 fully saturated rings. The number of hydrogen-bond acceptors (Lipinski definition) is 5. The molecule has 4 N–H and O–H groups in total. The van der Waals surface area contributed by atoms with Gasteiger partial charge in [0.25, 0.3) is 5.91 Å². The number of aromatic amines is 1. The van der Waals surface area contributed by atoms with Crippen molar-refractivity contribution in [2.45, 2.75) is 13.0 Å². The quantitative estimate of drug-likeness (QED) is 0.575. The average molecular weight is 337 g/mol. The molecule has 1 aliphatic heterocycles. The molecule has 0 spiro atoms. The first-order valence-electron chi connectivity index (χ1n) is 7.65. The highest BCUT2D eigenvalue weighted by molar-refractivity contribution is 6.09. The van der Waals surface area contributed by atoms with Gasteiger partial charge in [0.15, 0.2) is 5.76 Å². The summed E-state index contributed by atoms with van der Waals surface area (Å²) in [7, 11) is 0. The SMILES string of the molecule is CC1=C(O)C(=O)N(c2ccc3nc[nH]c3c2)C1c1ccc(O)cc1O. The second-order valence-electron chi connectivity index (χ2n) is 5.96. The average Bonchev–Trinajstić information content (AvgIpc) is 3.13. The first-order chi connectivity index (χ1) is 12.0. The zero-order valence-corrected chi connectivity index (χ0v) is 13.3. The molecule has 1 aromatic heterocycles. The lowest BCUT2D eigenvalue weighted by Crippen LogP contribution is -2.30. The third-order valence-corrected chi connectivity index (χ3v) is 4.45. The van der Waals surface area contributed by atoms with Crippen LogP contribution in [0, 0.1) is 0 Å². The molecule has 7 heteroatoms. The minimum absolute atomic E-state index is 0.0816. The Bertz CT molecular complexity index is 1040. The summed E-state index contributed by atoms with van der Waals surface area (Å²) in [5.74, 6) is -1.13. The van der Waals surface area contributed by atoms with E-state index >= 15 is 0 Å². The van der Waals surface area contributed by atoms with Gasteiger partial charge in [0.2, 0.25) is 0 Å². The van der Waals surface area contributed by atoms with Crippen LogP contribution in [0.3, 0.4) is 0 Å². The Labute approximate surface area is 142 Å². The molecule has 25 heavy (non-hydrogen) atoms. The number of phenolic OH excluding ortho intramolecular Hbond substituents is 2. The van der Waals surface area contributed by atoms with E-state index in [1.54, 1.807) is 31.5 Å². The third-order valence-electron chi connectivity index (χ3n) is 4.45. The topological polar surface area (TPSA) is 110 Å². The summed E-state index contributed by atoms with van der Waals surface area (Å²) < 4.78 is 0. The summed E-state index contributed by atoms with van der Waals surface area (Å²) in [5.41, 5.74) is 2.91. The molecular weight excluding hydrogens is 322 g/mol. The number of benzene rings is 2. The highest BCUT2D eigenvalue weighted by Crippen LogP contribution is 2.43. The number of amides is 1. The monoisotopic (exact) mass is 337 g/mol. The van der Waals surface area contributed by atoms with E-state index in [-0.39, 0.29) is 17.3 Å². The number of aliphatic hydroxyl groups excluding tert-OH is 1. The van der Waals surface area contributed by atoms with Crippen LogP contribution < -0.4 is 4.90 Å². The Morgan fingerprint density at radius 2 is 1.92 bits per heavy atom. The Morgan fingerprint density at radius 1 is 1.12 bits per heavy atom. The van der Waals surface area contributed by atoms with Gasteiger partial charge < -0.3 is 20.3 Å². The molecule has 1 atom stereocenters. The van der Waals surface area contributed by atoms with Gasteiger partial charge in [-0.25, -0.2) is 4.98 Å². The lowest BCUT2D eigenvalue weighted by molar-refractivity contribution is -0.117. The number of aromatic nitrogens is 2. The highest BCUT2D eigenvalue weighted by Gasteiger charge is 2.40. The fourth-order valence-corrected chi connectivity index (χ4v) is 3.20. The van der Waals surface area contributed by atoms with Gasteiger partial charge in [0, 0.05) is 22.9 Å². The lowest BCUT2D eigenvalue weighted by atomic mass is 9.99. The molecule has 126 valence electrons. The lowest BCUT2D eigenvalue weighted by Gasteiger charge is -2.27. The Hall–Kier alpha value is -3.48. The van der Waals surface area contributed by atoms with Crippen molar-refractivity contribution in [3.63, 3.8) is 0 Å². The Kier molecular flexibility index (Phi) is 3.18. The zero-order chi connectivity index (χ0) is 17.7. The molecule has 1 amide bonds. The molecule has 2 heterocycles. The molecule has 0 radical (unpaired) electrons. The molecule has 4 rings (SSSR count). The summed E-state index contributed by atoms with van der Waals surface area (Å²) in [6, 6.07) is 8.76. The molecule has 0 saturated heterocycles. The van der Waals surface area contributed by atoms with Crippen LogP contribution in [0.25, 0.3) is 11.0 Å². The molecule has 0 saturated carbocycles. The number of fused-ring (bicyclic) bond motifs is 1. The minimum atomic E-state index is -0.673. The van der Waals surface area contributed by atoms with Crippen molar-refractivity contribution in [1.29, 1.82) is 0 Å². The van der Waals surface area contributed by atoms with Crippen molar-refractivity contribution in [2.24, 2.45) is 0 Å². The predicted octanol–water partition coefficient (Wildman–Crippen LogP) is 2.89. The maximum Gasteiger partial charge on any atom is 0.293 e. The molecule has 1 unspecified atom stereocenters. The van der Waals surface area contributed by atoms with Crippen molar-refractivity contribution in [2.75, 3.05) is 4.90 Å². The maximum atomic E-state index is 12.6. The second kappa shape index (κ2) is 5.27. The molecule has 3 aromatic rings. The van der Waals surface area contributed by atoms with Gasteiger partial charge in [-0.2, -0.15) is 0 Å². The van der Waals surface area contributed by atoms with Crippen LogP contribution in [-0.2, 0) is 4.79 Å². The number of phenols is 2. The number of carbonyl (C=O) groups excluding carboxylic acids is 1. The number of anilines is 1. The largest absolute Gasteiger partial charge is 0.508 e. The normalized spacial score (nSPS) is 17.7. The van der Waals surface area contributed by atoms with E-state index in [2.05, 4.69) is 9.97 Å². The number of rotatable bonds is 2. The number of imidazole rings is 1. The van der Waals surface area contributed by atoms with Gasteiger partial charge in [0.05, 0.1) is 23.4 Å². The van der Waals surface area contributed by atoms with E-state index in [0.29, 0.717) is 16.8 Å². The van der Waals surface area contributed by atoms with Gasteiger partial charge in [-0.1, -0.05) is 0 Å². The van der Waals surface area contributed by atoms with E-state index in [4.69, 9.17) is 0 Å². The first kappa shape index (κ1) is 15.1. The van der Waals surface area contributed by atoms with Crippen LogP contribution in [-0.4, -0.2) is 31.2 Å². The van der Waals surface area contributed by atoms with Crippen LogP contribution in [0.15, 0.2) is 54.1 Å². The molecular formula is C18H15N3O4. The Balaban J connectivity index is 1.88. The fourth-order valence-electron chi connectivity index (χ4n) is 3.20. The second-order valence-corrected chi connectivity index (χ2v) is 5.96. The fraction of sp³-hybridized carbons (Fsp3) is 0.111. The van der Waals surface area contributed by atoms with E-state index in [1.165, 1.54) is 23.1 Å². The number of aliphatic hydroxyl groups is 1. The maximum absolute atomic E-state index is 12.6. The summed E-state index contributed by atoms with van der Waals surface area (Å²) in [6.45, 7) is 1.64. The number of carbonyl (C=O) groups is 1. The van der Waals surface area contributed by atoms with Crippen molar-refractivity contribution >= 4 is 22.6 Å². The van der Waals surface area contributed by atoms with Crippen LogP contribution in [0.4, 0.5) is 5.69 Å². The van der Waals surface area contributed by atoms with Crippen molar-refractivity contribution in [3.8, 4) is 11.5 Å². The zero-order valence-electron chi connectivity index (χ0n) is 13.3. The number of nitrogens with one attached hydrogen (secondary N) is 1. The van der Waals surface area contributed by atoms with Gasteiger partial charge in [0.1, 0.15) is 11.5 Å². The van der Waals surface area contributed by atoms with Gasteiger partial charge >= 0.3 is 0 Å². The van der Waals surface area contributed by atoms with Gasteiger partial charge in [-0.15, -0.1) is 0 Å². The molecule has 2 aromatic carbocycles. The van der Waals surface area contributed by atoms with Crippen LogP contribution in [0.1, 0.15) is 18.5 Å². The van der Waals surface area contributed by atoms with Crippen LogP contribution in [0.2, 0.25) is 0 Å². The van der Waals surface area contributed by atoms with E-state index in [0.717, 1.165) is 11.0 Å². The predicted molar refractivity (Wildman–Crippen MR) is 91.4 cm³/mol. The standard InChI is InChI=1S/C18H15N3O4/c1-9-16(12-4-3-11(22)7-15(12)23)21(18(25)17(9)24)10-2-5-13-14(6-10)20-8-19-13/h2-8,16,22-24H,1H3,(H,19,20). The third kappa shape index (κ3) is 2.20. The van der Waals surface area contributed by atoms with Crippen molar-refractivity contribution in [3.05, 3.63) is 59.6 Å². The highest BCUT2D eigenvalue weighted by atomic mass is 16.3. The van der Waals surface area contributed by atoms with Crippen LogP contribution >= 0.6 is 0 Å². The summed E-state index contributed by atoms with van der Waals surface area (Å²) in [5, 5.41) is 29.9. The van der Waals surface area contributed by atoms with E-state index in [1.807, 2.05) is 0 Å².